The molecule has 1 heterocycles. The Morgan fingerprint density at radius 3 is 3.00 bits per heavy atom. The molecule has 0 amide bonds. The van der Waals surface area contributed by atoms with Gasteiger partial charge in [0.1, 0.15) is 6.04 Å². The number of carboxylic acids is 1. The molecule has 9 heavy (non-hydrogen) atoms. The molecule has 0 aliphatic carbocycles. The maximum Gasteiger partial charge on any atom is 0.326 e. The molecule has 0 saturated heterocycles. The van der Waals surface area contributed by atoms with Crippen LogP contribution < -0.4 is 5.32 Å². The maximum absolute atomic E-state index is 10.2. The summed E-state index contributed by atoms with van der Waals surface area (Å²) in [4.78, 5) is 10.2. The molecule has 1 rings (SSSR count). The predicted octanol–water partition coefficient (Wildman–Crippen LogP) is 0.247. The lowest BCUT2D eigenvalue weighted by Crippen LogP contribution is -2.36. The average molecular weight is 145 g/mol. The lowest BCUT2D eigenvalue weighted by Gasteiger charge is -2.13. The van der Waals surface area contributed by atoms with Crippen LogP contribution in [0, 0.1) is 0 Å². The van der Waals surface area contributed by atoms with Gasteiger partial charge in [-0.25, -0.2) is 4.79 Å². The van der Waals surface area contributed by atoms with Crippen molar-refractivity contribution in [2.75, 3.05) is 5.75 Å². The summed E-state index contributed by atoms with van der Waals surface area (Å²) in [7, 11) is 0. The number of carbonyl (C=O) groups is 1. The monoisotopic (exact) mass is 145 g/mol. The van der Waals surface area contributed by atoms with Gasteiger partial charge >= 0.3 is 5.97 Å². The highest BCUT2D eigenvalue weighted by atomic mass is 32.2. The van der Waals surface area contributed by atoms with Crippen LogP contribution >= 0.6 is 11.8 Å². The van der Waals surface area contributed by atoms with Crippen molar-refractivity contribution in [3.05, 3.63) is 11.6 Å². The van der Waals surface area contributed by atoms with Crippen LogP contribution in [0.1, 0.15) is 0 Å². The number of aliphatic carboxylic acids is 1. The van der Waals surface area contributed by atoms with Crippen LogP contribution in [0.5, 0.6) is 0 Å². The molecule has 50 valence electrons. The van der Waals surface area contributed by atoms with E-state index in [0.717, 1.165) is 0 Å². The third-order valence-corrected chi connectivity index (χ3v) is 1.88. The zero-order valence-corrected chi connectivity index (χ0v) is 5.52. The number of carboxylic acid groups (broad SMARTS) is 1. The van der Waals surface area contributed by atoms with Crippen LogP contribution in [0.4, 0.5) is 0 Å². The van der Waals surface area contributed by atoms with Gasteiger partial charge in [0.15, 0.2) is 0 Å². The minimum absolute atomic E-state index is 0.403. The van der Waals surface area contributed by atoms with Gasteiger partial charge in [0, 0.05) is 12.0 Å². The van der Waals surface area contributed by atoms with Gasteiger partial charge in [-0.1, -0.05) is 0 Å². The first-order valence-corrected chi connectivity index (χ1v) is 3.61. The fraction of sp³-hybridized carbons (Fsp3) is 0.400. The summed E-state index contributed by atoms with van der Waals surface area (Å²) in [6.07, 6.45) is 1.66. The SMILES string of the molecule is O=C(O)C1CSC=CN1. The van der Waals surface area contributed by atoms with Gasteiger partial charge in [-0.3, -0.25) is 0 Å². The van der Waals surface area contributed by atoms with E-state index in [-0.39, 0.29) is 0 Å². The molecule has 0 aromatic carbocycles. The van der Waals surface area contributed by atoms with E-state index in [1.807, 2.05) is 5.41 Å². The minimum Gasteiger partial charge on any atom is -0.480 e. The van der Waals surface area contributed by atoms with E-state index in [1.165, 1.54) is 11.8 Å². The highest BCUT2D eigenvalue weighted by Gasteiger charge is 2.16. The highest BCUT2D eigenvalue weighted by Crippen LogP contribution is 2.08. The molecule has 0 spiro atoms. The molecule has 0 bridgehead atoms. The molecule has 3 nitrogen and oxygen atoms in total. The smallest absolute Gasteiger partial charge is 0.326 e. The van der Waals surface area contributed by atoms with Gasteiger partial charge in [0.25, 0.3) is 0 Å². The van der Waals surface area contributed by atoms with Gasteiger partial charge < -0.3 is 10.4 Å². The fourth-order valence-corrected chi connectivity index (χ4v) is 1.26. The fourth-order valence-electron chi connectivity index (χ4n) is 0.546. The zero-order valence-electron chi connectivity index (χ0n) is 4.70. The molecule has 0 saturated carbocycles. The predicted molar refractivity (Wildman–Crippen MR) is 36.2 cm³/mol. The number of hydrogen-bond donors (Lipinski definition) is 2. The summed E-state index contributed by atoms with van der Waals surface area (Å²) in [5, 5.41) is 13.0. The molecule has 1 aliphatic rings. The van der Waals surface area contributed by atoms with Crippen molar-refractivity contribution < 1.29 is 9.90 Å². The Hall–Kier alpha value is -0.640. The lowest BCUT2D eigenvalue weighted by molar-refractivity contribution is -0.138. The second-order valence-corrected chi connectivity index (χ2v) is 2.63. The Bertz CT molecular complexity index is 146. The van der Waals surface area contributed by atoms with E-state index in [9.17, 15) is 4.79 Å². The van der Waals surface area contributed by atoms with E-state index in [0.29, 0.717) is 5.75 Å². The van der Waals surface area contributed by atoms with Crippen LogP contribution in [-0.2, 0) is 4.79 Å². The van der Waals surface area contributed by atoms with E-state index < -0.39 is 12.0 Å². The van der Waals surface area contributed by atoms with Crippen LogP contribution in [-0.4, -0.2) is 22.9 Å². The third-order valence-electron chi connectivity index (χ3n) is 1.02. The summed E-state index contributed by atoms with van der Waals surface area (Å²) in [5.41, 5.74) is 0. The first kappa shape index (κ1) is 6.48. The Morgan fingerprint density at radius 2 is 2.67 bits per heavy atom. The van der Waals surface area contributed by atoms with E-state index in [2.05, 4.69) is 5.32 Å². The van der Waals surface area contributed by atoms with Gasteiger partial charge in [0.2, 0.25) is 0 Å². The Labute approximate surface area is 57.1 Å². The summed E-state index contributed by atoms with van der Waals surface area (Å²) in [6, 6.07) is -0.403. The Morgan fingerprint density at radius 1 is 1.89 bits per heavy atom. The number of rotatable bonds is 1. The quantitative estimate of drug-likeness (QED) is 0.555. The molecule has 4 heteroatoms. The molecular formula is C5H7NO2S. The minimum atomic E-state index is -0.785. The molecule has 1 unspecified atom stereocenters. The highest BCUT2D eigenvalue weighted by molar-refractivity contribution is 8.02. The van der Waals surface area contributed by atoms with Crippen LogP contribution in [0.15, 0.2) is 11.6 Å². The molecule has 1 aliphatic heterocycles. The van der Waals surface area contributed by atoms with Crippen molar-refractivity contribution in [3.63, 3.8) is 0 Å². The van der Waals surface area contributed by atoms with Crippen molar-refractivity contribution in [3.8, 4) is 0 Å². The standard InChI is InChI=1S/C5H7NO2S/c7-5(8)4-3-9-2-1-6-4/h1-2,4,6H,3H2,(H,7,8). The second-order valence-electron chi connectivity index (χ2n) is 1.69. The summed E-state index contributed by atoms with van der Waals surface area (Å²) in [5.74, 6) is -0.168. The molecule has 0 aromatic rings. The van der Waals surface area contributed by atoms with Crippen molar-refractivity contribution in [2.45, 2.75) is 6.04 Å². The second kappa shape index (κ2) is 2.77. The average Bonchev–Trinajstić information content (AvgIpc) is 1.90. The van der Waals surface area contributed by atoms with Crippen molar-refractivity contribution >= 4 is 17.7 Å². The van der Waals surface area contributed by atoms with Gasteiger partial charge in [-0.2, -0.15) is 0 Å². The Kier molecular flexibility index (Phi) is 2.00. The normalized spacial score (nSPS) is 25.1. The lowest BCUT2D eigenvalue weighted by atomic mass is 10.3. The summed E-state index contributed by atoms with van der Waals surface area (Å²) < 4.78 is 0. The molecule has 0 radical (unpaired) electrons. The maximum atomic E-state index is 10.2. The van der Waals surface area contributed by atoms with Gasteiger partial charge in [0.05, 0.1) is 0 Å². The first-order chi connectivity index (χ1) is 4.30. The molecule has 2 N–H and O–H groups in total. The van der Waals surface area contributed by atoms with Crippen molar-refractivity contribution in [2.24, 2.45) is 0 Å². The third kappa shape index (κ3) is 1.64. The largest absolute Gasteiger partial charge is 0.480 e. The van der Waals surface area contributed by atoms with Crippen molar-refractivity contribution in [1.29, 1.82) is 0 Å². The van der Waals surface area contributed by atoms with E-state index in [4.69, 9.17) is 5.11 Å². The molecule has 0 fully saturated rings. The molecule has 1 atom stereocenters. The Balaban J connectivity index is 2.44. The molecular weight excluding hydrogens is 138 g/mol. The van der Waals surface area contributed by atoms with E-state index in [1.54, 1.807) is 6.20 Å². The van der Waals surface area contributed by atoms with Gasteiger partial charge in [-0.05, 0) is 5.41 Å². The van der Waals surface area contributed by atoms with Gasteiger partial charge in [-0.15, -0.1) is 11.8 Å². The summed E-state index contributed by atoms with van der Waals surface area (Å²) >= 11 is 1.51. The summed E-state index contributed by atoms with van der Waals surface area (Å²) in [6.45, 7) is 0. The van der Waals surface area contributed by atoms with Crippen LogP contribution in [0.25, 0.3) is 0 Å². The zero-order chi connectivity index (χ0) is 6.69. The van der Waals surface area contributed by atoms with Crippen LogP contribution in [0.3, 0.4) is 0 Å². The number of thioether (sulfide) groups is 1. The first-order valence-electron chi connectivity index (χ1n) is 2.56. The van der Waals surface area contributed by atoms with E-state index >= 15 is 0 Å². The topological polar surface area (TPSA) is 49.3 Å². The molecule has 0 aromatic heterocycles. The van der Waals surface area contributed by atoms with Crippen LogP contribution in [0.2, 0.25) is 0 Å². The number of nitrogens with one attached hydrogen (secondary N) is 1. The van der Waals surface area contributed by atoms with Crippen molar-refractivity contribution in [1.82, 2.24) is 5.32 Å². The number of hydrogen-bond acceptors (Lipinski definition) is 3.